The Labute approximate surface area is 123 Å². The van der Waals surface area contributed by atoms with Gasteiger partial charge in [-0.3, -0.25) is 9.69 Å². The summed E-state index contributed by atoms with van der Waals surface area (Å²) in [7, 11) is 0. The Kier molecular flexibility index (Phi) is 4.98. The predicted molar refractivity (Wildman–Crippen MR) is 84.2 cm³/mol. The zero-order chi connectivity index (χ0) is 14.6. The summed E-state index contributed by atoms with van der Waals surface area (Å²) in [4.78, 5) is 14.6. The van der Waals surface area contributed by atoms with Gasteiger partial charge >= 0.3 is 0 Å². The molecule has 1 saturated heterocycles. The number of nitrogens with zero attached hydrogens (tertiary/aromatic N) is 1. The SMILES string of the molecule is CCC1(CC)CCN(CC(=O)c2ccc(C)cc2)CC1. The van der Waals surface area contributed by atoms with Crippen molar-refractivity contribution in [2.24, 2.45) is 5.41 Å². The maximum absolute atomic E-state index is 12.3. The third kappa shape index (κ3) is 3.49. The van der Waals surface area contributed by atoms with E-state index in [0.717, 1.165) is 18.7 Å². The third-order valence-electron chi connectivity index (χ3n) is 5.16. The molecule has 0 spiro atoms. The van der Waals surface area contributed by atoms with Crippen LogP contribution in [0.2, 0.25) is 0 Å². The maximum Gasteiger partial charge on any atom is 0.176 e. The van der Waals surface area contributed by atoms with Crippen molar-refractivity contribution >= 4 is 5.78 Å². The van der Waals surface area contributed by atoms with Crippen LogP contribution >= 0.6 is 0 Å². The maximum atomic E-state index is 12.3. The fourth-order valence-corrected chi connectivity index (χ4v) is 3.18. The summed E-state index contributed by atoms with van der Waals surface area (Å²) >= 11 is 0. The molecule has 20 heavy (non-hydrogen) atoms. The van der Waals surface area contributed by atoms with Crippen LogP contribution in [0.25, 0.3) is 0 Å². The van der Waals surface area contributed by atoms with E-state index >= 15 is 0 Å². The second-order valence-electron chi connectivity index (χ2n) is 6.27. The molecule has 0 radical (unpaired) electrons. The molecule has 1 heterocycles. The average molecular weight is 273 g/mol. The van der Waals surface area contributed by atoms with Crippen molar-refractivity contribution in [2.45, 2.75) is 46.5 Å². The average Bonchev–Trinajstić information content (AvgIpc) is 2.49. The van der Waals surface area contributed by atoms with Crippen molar-refractivity contribution in [3.8, 4) is 0 Å². The van der Waals surface area contributed by atoms with Crippen LogP contribution < -0.4 is 0 Å². The highest BCUT2D eigenvalue weighted by Crippen LogP contribution is 2.37. The highest BCUT2D eigenvalue weighted by atomic mass is 16.1. The van der Waals surface area contributed by atoms with Crippen molar-refractivity contribution in [1.29, 1.82) is 0 Å². The van der Waals surface area contributed by atoms with E-state index in [0.29, 0.717) is 12.0 Å². The number of hydrogen-bond acceptors (Lipinski definition) is 2. The molecule has 0 N–H and O–H groups in total. The first-order chi connectivity index (χ1) is 9.58. The van der Waals surface area contributed by atoms with Crippen LogP contribution in [0.15, 0.2) is 24.3 Å². The first-order valence-electron chi connectivity index (χ1n) is 7.91. The van der Waals surface area contributed by atoms with Gasteiger partial charge in [0.1, 0.15) is 0 Å². The zero-order valence-electron chi connectivity index (χ0n) is 13.1. The molecule has 0 aliphatic carbocycles. The lowest BCUT2D eigenvalue weighted by molar-refractivity contribution is 0.0756. The minimum absolute atomic E-state index is 0.255. The summed E-state index contributed by atoms with van der Waals surface area (Å²) in [6.45, 7) is 9.37. The number of carbonyl (C=O) groups excluding carboxylic acids is 1. The van der Waals surface area contributed by atoms with E-state index in [2.05, 4.69) is 18.7 Å². The minimum Gasteiger partial charge on any atom is -0.296 e. The quantitative estimate of drug-likeness (QED) is 0.753. The van der Waals surface area contributed by atoms with Crippen LogP contribution in [0.5, 0.6) is 0 Å². The standard InChI is InChI=1S/C18H27NO/c1-4-18(5-2)10-12-19(13-11-18)14-17(20)16-8-6-15(3)7-9-16/h6-9H,4-5,10-14H2,1-3H3. The minimum atomic E-state index is 0.255. The van der Waals surface area contributed by atoms with Crippen molar-refractivity contribution in [1.82, 2.24) is 4.90 Å². The van der Waals surface area contributed by atoms with Crippen LogP contribution in [0, 0.1) is 12.3 Å². The first-order valence-corrected chi connectivity index (χ1v) is 7.91. The number of hydrogen-bond donors (Lipinski definition) is 0. The van der Waals surface area contributed by atoms with Crippen LogP contribution in [0.3, 0.4) is 0 Å². The molecule has 110 valence electrons. The summed E-state index contributed by atoms with van der Waals surface area (Å²) in [6.07, 6.45) is 5.01. The second kappa shape index (κ2) is 6.53. The first kappa shape index (κ1) is 15.2. The van der Waals surface area contributed by atoms with Gasteiger partial charge in [0.25, 0.3) is 0 Å². The topological polar surface area (TPSA) is 20.3 Å². The fourth-order valence-electron chi connectivity index (χ4n) is 3.18. The molecule has 0 bridgehead atoms. The molecule has 1 fully saturated rings. The summed E-state index contributed by atoms with van der Waals surface area (Å²) in [5.41, 5.74) is 2.58. The summed E-state index contributed by atoms with van der Waals surface area (Å²) in [5.74, 6) is 0.255. The Morgan fingerprint density at radius 2 is 1.65 bits per heavy atom. The number of aryl methyl sites for hydroxylation is 1. The zero-order valence-corrected chi connectivity index (χ0v) is 13.1. The van der Waals surface area contributed by atoms with E-state index in [9.17, 15) is 4.79 Å². The van der Waals surface area contributed by atoms with E-state index in [1.54, 1.807) is 0 Å². The van der Waals surface area contributed by atoms with E-state index in [1.165, 1.54) is 31.2 Å². The van der Waals surface area contributed by atoms with Gasteiger partial charge in [0.05, 0.1) is 6.54 Å². The number of benzene rings is 1. The van der Waals surface area contributed by atoms with Crippen LogP contribution in [0.1, 0.15) is 55.5 Å². The lowest BCUT2D eigenvalue weighted by Crippen LogP contribution is -2.41. The van der Waals surface area contributed by atoms with Gasteiger partial charge in [-0.05, 0) is 38.3 Å². The monoisotopic (exact) mass is 273 g/mol. The van der Waals surface area contributed by atoms with E-state index < -0.39 is 0 Å². The fraction of sp³-hybridized carbons (Fsp3) is 0.611. The van der Waals surface area contributed by atoms with Gasteiger partial charge in [0.2, 0.25) is 0 Å². The Morgan fingerprint density at radius 3 is 2.15 bits per heavy atom. The number of likely N-dealkylation sites (tertiary alicyclic amines) is 1. The van der Waals surface area contributed by atoms with Gasteiger partial charge in [-0.25, -0.2) is 0 Å². The molecule has 0 saturated carbocycles. The highest BCUT2D eigenvalue weighted by molar-refractivity contribution is 5.97. The van der Waals surface area contributed by atoms with Crippen LogP contribution in [-0.2, 0) is 0 Å². The van der Waals surface area contributed by atoms with E-state index in [-0.39, 0.29) is 5.78 Å². The molecule has 0 unspecified atom stereocenters. The molecular formula is C18H27NO. The molecule has 1 aromatic rings. The van der Waals surface area contributed by atoms with Gasteiger partial charge in [0, 0.05) is 5.56 Å². The lowest BCUT2D eigenvalue weighted by atomic mass is 9.74. The Hall–Kier alpha value is -1.15. The molecule has 1 aromatic carbocycles. The number of carbonyl (C=O) groups is 1. The predicted octanol–water partition coefficient (Wildman–Crippen LogP) is 4.08. The van der Waals surface area contributed by atoms with E-state index in [4.69, 9.17) is 0 Å². The molecule has 0 atom stereocenters. The number of piperidine rings is 1. The smallest absolute Gasteiger partial charge is 0.176 e. The molecule has 0 amide bonds. The van der Waals surface area contributed by atoms with Gasteiger partial charge in [-0.15, -0.1) is 0 Å². The molecule has 2 heteroatoms. The highest BCUT2D eigenvalue weighted by Gasteiger charge is 2.31. The number of ketones is 1. The van der Waals surface area contributed by atoms with Crippen molar-refractivity contribution in [2.75, 3.05) is 19.6 Å². The normalized spacial score (nSPS) is 18.9. The van der Waals surface area contributed by atoms with Gasteiger partial charge < -0.3 is 0 Å². The molecule has 2 rings (SSSR count). The van der Waals surface area contributed by atoms with Crippen molar-refractivity contribution in [3.63, 3.8) is 0 Å². The Balaban J connectivity index is 1.89. The molecule has 0 aromatic heterocycles. The third-order valence-corrected chi connectivity index (χ3v) is 5.16. The molecular weight excluding hydrogens is 246 g/mol. The van der Waals surface area contributed by atoms with Crippen LogP contribution in [-0.4, -0.2) is 30.3 Å². The summed E-state index contributed by atoms with van der Waals surface area (Å²) < 4.78 is 0. The largest absolute Gasteiger partial charge is 0.296 e. The summed E-state index contributed by atoms with van der Waals surface area (Å²) in [5, 5.41) is 0. The van der Waals surface area contributed by atoms with Gasteiger partial charge in [-0.1, -0.05) is 56.5 Å². The van der Waals surface area contributed by atoms with Gasteiger partial charge in [0.15, 0.2) is 5.78 Å². The van der Waals surface area contributed by atoms with Gasteiger partial charge in [-0.2, -0.15) is 0 Å². The number of Topliss-reactive ketones (excluding diaryl/α,β-unsaturated/α-hetero) is 1. The molecule has 2 nitrogen and oxygen atoms in total. The van der Waals surface area contributed by atoms with Crippen molar-refractivity contribution in [3.05, 3.63) is 35.4 Å². The number of rotatable bonds is 5. The Bertz CT molecular complexity index is 435. The van der Waals surface area contributed by atoms with Crippen LogP contribution in [0.4, 0.5) is 0 Å². The summed E-state index contributed by atoms with van der Waals surface area (Å²) in [6, 6.07) is 7.93. The Morgan fingerprint density at radius 1 is 1.10 bits per heavy atom. The lowest BCUT2D eigenvalue weighted by Gasteiger charge is -2.40. The van der Waals surface area contributed by atoms with Crippen molar-refractivity contribution < 1.29 is 4.79 Å². The van der Waals surface area contributed by atoms with E-state index in [1.807, 2.05) is 31.2 Å². The molecule has 1 aliphatic heterocycles. The second-order valence-corrected chi connectivity index (χ2v) is 6.27. The molecule has 1 aliphatic rings.